The summed E-state index contributed by atoms with van der Waals surface area (Å²) in [4.78, 5) is 23.4. The lowest BCUT2D eigenvalue weighted by Crippen LogP contribution is -2.07. The molecular weight excluding hydrogens is 334 g/mol. The van der Waals surface area contributed by atoms with E-state index in [1.54, 1.807) is 54.6 Å². The number of ether oxygens (including phenoxy) is 1. The highest BCUT2D eigenvalue weighted by atomic mass is 16.5. The Morgan fingerprint density at radius 2 is 1.81 bits per heavy atom. The molecule has 0 bridgehead atoms. The number of hydrogen-bond acceptors (Lipinski definition) is 6. The summed E-state index contributed by atoms with van der Waals surface area (Å²) < 4.78 is 6.16. The zero-order valence-electron chi connectivity index (χ0n) is 13.9. The predicted molar refractivity (Wildman–Crippen MR) is 94.6 cm³/mol. The fraction of sp³-hybridized carbons (Fsp3) is 0.0556. The average Bonchev–Trinajstić information content (AvgIpc) is 3.21. The number of aromatic nitrogens is 4. The molecule has 1 aromatic heterocycles. The van der Waals surface area contributed by atoms with E-state index in [0.717, 1.165) is 11.3 Å². The van der Waals surface area contributed by atoms with Crippen LogP contribution >= 0.6 is 0 Å². The van der Waals surface area contributed by atoms with Crippen LogP contribution in [0.2, 0.25) is 0 Å². The molecule has 0 radical (unpaired) electrons. The number of esters is 1. The summed E-state index contributed by atoms with van der Waals surface area (Å²) in [5.41, 5.74) is 2.69. The molecule has 0 fully saturated rings. The van der Waals surface area contributed by atoms with Crippen LogP contribution in [0.25, 0.3) is 11.8 Å². The molecule has 26 heavy (non-hydrogen) atoms. The minimum Gasteiger partial charge on any atom is -0.465 e. The SMILES string of the molecule is COC(=O)c1ccc(/C=C/C(=O)Nc2ccc(-n3cnnn3)cc2)cc1. The van der Waals surface area contributed by atoms with E-state index in [0.29, 0.717) is 11.3 Å². The van der Waals surface area contributed by atoms with Gasteiger partial charge in [0.15, 0.2) is 0 Å². The molecule has 1 N–H and O–H groups in total. The van der Waals surface area contributed by atoms with Crippen molar-refractivity contribution in [1.82, 2.24) is 20.2 Å². The van der Waals surface area contributed by atoms with Gasteiger partial charge in [-0.25, -0.2) is 9.48 Å². The van der Waals surface area contributed by atoms with E-state index in [2.05, 4.69) is 25.6 Å². The summed E-state index contributed by atoms with van der Waals surface area (Å²) in [5, 5.41) is 13.7. The lowest BCUT2D eigenvalue weighted by molar-refractivity contribution is -0.111. The van der Waals surface area contributed by atoms with Crippen molar-refractivity contribution >= 4 is 23.6 Å². The highest BCUT2D eigenvalue weighted by Crippen LogP contribution is 2.12. The molecular formula is C18H15N5O3. The predicted octanol–water partition coefficient (Wildman–Crippen LogP) is 2.10. The van der Waals surface area contributed by atoms with Gasteiger partial charge < -0.3 is 10.1 Å². The third-order valence-corrected chi connectivity index (χ3v) is 3.51. The minimum atomic E-state index is -0.400. The smallest absolute Gasteiger partial charge is 0.337 e. The zero-order chi connectivity index (χ0) is 18.4. The van der Waals surface area contributed by atoms with Gasteiger partial charge in [-0.05, 0) is 58.5 Å². The standard InChI is InChI=1S/C18H15N5O3/c1-26-18(25)14-5-2-13(3-6-14)4-11-17(24)20-15-7-9-16(10-8-15)23-12-19-21-22-23/h2-12H,1H3,(H,20,24)/b11-4+. The van der Waals surface area contributed by atoms with Crippen LogP contribution < -0.4 is 5.32 Å². The maximum Gasteiger partial charge on any atom is 0.337 e. The number of methoxy groups -OCH3 is 1. The molecule has 8 heteroatoms. The molecule has 0 unspecified atom stereocenters. The van der Waals surface area contributed by atoms with Gasteiger partial charge in [-0.1, -0.05) is 12.1 Å². The van der Waals surface area contributed by atoms with Crippen molar-refractivity contribution in [2.24, 2.45) is 0 Å². The Bertz CT molecular complexity index is 916. The summed E-state index contributed by atoms with van der Waals surface area (Å²) in [6.45, 7) is 0. The molecule has 0 saturated heterocycles. The molecule has 0 spiro atoms. The van der Waals surface area contributed by atoms with Gasteiger partial charge in [0.25, 0.3) is 0 Å². The molecule has 1 heterocycles. The second kappa shape index (κ2) is 7.84. The Morgan fingerprint density at radius 3 is 2.42 bits per heavy atom. The van der Waals surface area contributed by atoms with Crippen molar-refractivity contribution in [1.29, 1.82) is 0 Å². The number of anilines is 1. The van der Waals surface area contributed by atoms with E-state index >= 15 is 0 Å². The first-order valence-corrected chi connectivity index (χ1v) is 7.66. The highest BCUT2D eigenvalue weighted by Gasteiger charge is 2.04. The Morgan fingerprint density at radius 1 is 1.08 bits per heavy atom. The van der Waals surface area contributed by atoms with E-state index in [1.807, 2.05) is 0 Å². The summed E-state index contributed by atoms with van der Waals surface area (Å²) in [6, 6.07) is 13.8. The number of tetrazole rings is 1. The van der Waals surface area contributed by atoms with Gasteiger partial charge in [-0.2, -0.15) is 0 Å². The summed E-state index contributed by atoms with van der Waals surface area (Å²) in [7, 11) is 1.33. The second-order valence-corrected chi connectivity index (χ2v) is 5.24. The van der Waals surface area contributed by atoms with Crippen molar-refractivity contribution in [3.05, 3.63) is 72.1 Å². The molecule has 3 aromatic rings. The lowest BCUT2D eigenvalue weighted by Gasteiger charge is -2.04. The number of amides is 1. The molecule has 1 amide bonds. The fourth-order valence-electron chi connectivity index (χ4n) is 2.18. The molecule has 0 aliphatic carbocycles. The number of nitrogens with zero attached hydrogens (tertiary/aromatic N) is 4. The third kappa shape index (κ3) is 4.18. The molecule has 2 aromatic carbocycles. The van der Waals surface area contributed by atoms with Crippen LogP contribution in [0.5, 0.6) is 0 Å². The van der Waals surface area contributed by atoms with Gasteiger partial charge in [0.2, 0.25) is 5.91 Å². The van der Waals surface area contributed by atoms with Crippen LogP contribution in [0.3, 0.4) is 0 Å². The molecule has 0 aliphatic heterocycles. The Kier molecular flexibility index (Phi) is 5.14. The number of carbonyl (C=O) groups excluding carboxylic acids is 2. The number of carbonyl (C=O) groups is 2. The van der Waals surface area contributed by atoms with Gasteiger partial charge in [-0.15, -0.1) is 5.10 Å². The maximum absolute atomic E-state index is 12.0. The van der Waals surface area contributed by atoms with E-state index < -0.39 is 5.97 Å². The van der Waals surface area contributed by atoms with Gasteiger partial charge in [0, 0.05) is 11.8 Å². The van der Waals surface area contributed by atoms with E-state index in [1.165, 1.54) is 24.2 Å². The van der Waals surface area contributed by atoms with Gasteiger partial charge in [0.05, 0.1) is 18.4 Å². The molecule has 0 saturated carbocycles. The van der Waals surface area contributed by atoms with E-state index in [9.17, 15) is 9.59 Å². The Hall–Kier alpha value is -3.81. The normalized spacial score (nSPS) is 10.7. The molecule has 0 aliphatic rings. The van der Waals surface area contributed by atoms with Crippen LogP contribution in [-0.4, -0.2) is 39.2 Å². The number of hydrogen-bond donors (Lipinski definition) is 1. The summed E-state index contributed by atoms with van der Waals surface area (Å²) >= 11 is 0. The first kappa shape index (κ1) is 17.0. The third-order valence-electron chi connectivity index (χ3n) is 3.51. The Balaban J connectivity index is 1.59. The summed E-state index contributed by atoms with van der Waals surface area (Å²) in [5.74, 6) is -0.666. The largest absolute Gasteiger partial charge is 0.465 e. The monoisotopic (exact) mass is 349 g/mol. The first-order chi connectivity index (χ1) is 12.7. The van der Waals surface area contributed by atoms with Crippen LogP contribution in [0.15, 0.2) is 60.9 Å². The molecule has 3 rings (SSSR count). The van der Waals surface area contributed by atoms with Crippen molar-refractivity contribution in [3.8, 4) is 5.69 Å². The minimum absolute atomic E-state index is 0.266. The number of benzene rings is 2. The topological polar surface area (TPSA) is 99.0 Å². The fourth-order valence-corrected chi connectivity index (χ4v) is 2.18. The van der Waals surface area contributed by atoms with Crippen LogP contribution in [0.1, 0.15) is 15.9 Å². The van der Waals surface area contributed by atoms with Crippen LogP contribution in [-0.2, 0) is 9.53 Å². The quantitative estimate of drug-likeness (QED) is 0.559. The average molecular weight is 349 g/mol. The van der Waals surface area contributed by atoms with E-state index in [4.69, 9.17) is 0 Å². The maximum atomic E-state index is 12.0. The summed E-state index contributed by atoms with van der Waals surface area (Å²) in [6.07, 6.45) is 4.57. The van der Waals surface area contributed by atoms with Crippen LogP contribution in [0.4, 0.5) is 5.69 Å². The molecule has 8 nitrogen and oxygen atoms in total. The van der Waals surface area contributed by atoms with Crippen molar-refractivity contribution in [3.63, 3.8) is 0 Å². The van der Waals surface area contributed by atoms with Gasteiger partial charge in [-0.3, -0.25) is 4.79 Å². The molecule has 130 valence electrons. The Labute approximate surface area is 149 Å². The van der Waals surface area contributed by atoms with Crippen LogP contribution in [0, 0.1) is 0 Å². The van der Waals surface area contributed by atoms with Gasteiger partial charge >= 0.3 is 5.97 Å². The highest BCUT2D eigenvalue weighted by molar-refractivity contribution is 6.02. The van der Waals surface area contributed by atoms with E-state index in [-0.39, 0.29) is 5.91 Å². The zero-order valence-corrected chi connectivity index (χ0v) is 13.9. The van der Waals surface area contributed by atoms with Crippen molar-refractivity contribution in [2.45, 2.75) is 0 Å². The van der Waals surface area contributed by atoms with Crippen molar-refractivity contribution < 1.29 is 14.3 Å². The molecule has 0 atom stereocenters. The van der Waals surface area contributed by atoms with Gasteiger partial charge in [0.1, 0.15) is 6.33 Å². The lowest BCUT2D eigenvalue weighted by atomic mass is 10.1. The van der Waals surface area contributed by atoms with Crippen molar-refractivity contribution in [2.75, 3.05) is 12.4 Å². The number of rotatable bonds is 5. The number of nitrogens with one attached hydrogen (secondary N) is 1. The first-order valence-electron chi connectivity index (χ1n) is 7.66. The second-order valence-electron chi connectivity index (χ2n) is 5.24.